The Hall–Kier alpha value is -1.78. The number of amides is 1. The highest BCUT2D eigenvalue weighted by atomic mass is 79.9. The number of aromatic nitrogens is 2. The third kappa shape index (κ3) is 2.67. The van der Waals surface area contributed by atoms with Crippen LogP contribution in [0.25, 0.3) is 0 Å². The fraction of sp³-hybridized carbons (Fsp3) is 0. The Labute approximate surface area is 109 Å². The topological polar surface area (TPSA) is 78.7 Å². The normalized spacial score (nSPS) is 9.65. The Kier molecular flexibility index (Phi) is 3.46. The molecule has 17 heavy (non-hydrogen) atoms. The molecule has 2 rings (SSSR count). The number of hydrogen-bond acceptors (Lipinski definition) is 5. The van der Waals surface area contributed by atoms with Crippen molar-refractivity contribution in [2.45, 2.75) is 0 Å². The molecule has 0 atom stereocenters. The van der Waals surface area contributed by atoms with Crippen LogP contribution in [-0.2, 0) is 0 Å². The van der Waals surface area contributed by atoms with E-state index < -0.39 is 0 Å². The molecule has 0 spiro atoms. The van der Waals surface area contributed by atoms with Crippen LogP contribution in [0.2, 0.25) is 0 Å². The van der Waals surface area contributed by atoms with Gasteiger partial charge in [-0.2, -0.15) is 5.26 Å². The van der Waals surface area contributed by atoms with Crippen LogP contribution in [0, 0.1) is 11.3 Å². The van der Waals surface area contributed by atoms with Gasteiger partial charge in [-0.05, 0) is 45.7 Å². The number of halogens is 1. The van der Waals surface area contributed by atoms with E-state index in [1.165, 1.54) is 0 Å². The van der Waals surface area contributed by atoms with Gasteiger partial charge >= 0.3 is 0 Å². The van der Waals surface area contributed by atoms with E-state index in [2.05, 4.69) is 30.8 Å². The molecule has 1 heterocycles. The standard InChI is InChI=1S/C10H5BrN4OS/c11-7-3-6(4-12)1-2-8(7)13-10(16)9-5-17-15-14-9/h1-3,5H,(H,13,16). The summed E-state index contributed by atoms with van der Waals surface area (Å²) in [5, 5.41) is 16.6. The molecule has 84 valence electrons. The molecule has 1 amide bonds. The van der Waals surface area contributed by atoms with E-state index in [1.54, 1.807) is 23.6 Å². The first kappa shape index (κ1) is 11.7. The average molecular weight is 309 g/mol. The van der Waals surface area contributed by atoms with Gasteiger partial charge in [0.1, 0.15) is 0 Å². The molecule has 0 saturated heterocycles. The largest absolute Gasteiger partial charge is 0.320 e. The molecule has 2 aromatic rings. The summed E-state index contributed by atoms with van der Waals surface area (Å²) < 4.78 is 4.26. The summed E-state index contributed by atoms with van der Waals surface area (Å²) in [5.74, 6) is -0.329. The number of anilines is 1. The SMILES string of the molecule is N#Cc1ccc(NC(=O)c2csnn2)c(Br)c1. The second-order valence-corrected chi connectivity index (χ2v) is 4.51. The van der Waals surface area contributed by atoms with Gasteiger partial charge in [-0.15, -0.1) is 5.10 Å². The van der Waals surface area contributed by atoms with Gasteiger partial charge in [0.2, 0.25) is 0 Å². The van der Waals surface area contributed by atoms with Crippen LogP contribution in [0.3, 0.4) is 0 Å². The first-order chi connectivity index (χ1) is 8.20. The molecule has 1 aromatic heterocycles. The number of nitrogens with zero attached hydrogens (tertiary/aromatic N) is 3. The third-order valence-corrected chi connectivity index (χ3v) is 3.10. The summed E-state index contributed by atoms with van der Waals surface area (Å²) in [7, 11) is 0. The summed E-state index contributed by atoms with van der Waals surface area (Å²) in [4.78, 5) is 11.7. The summed E-state index contributed by atoms with van der Waals surface area (Å²) in [6.07, 6.45) is 0. The fourth-order valence-electron chi connectivity index (χ4n) is 1.14. The molecule has 0 bridgehead atoms. The molecule has 0 saturated carbocycles. The first-order valence-electron chi connectivity index (χ1n) is 4.49. The average Bonchev–Trinajstić information content (AvgIpc) is 2.85. The van der Waals surface area contributed by atoms with Gasteiger partial charge in [0.25, 0.3) is 5.91 Å². The van der Waals surface area contributed by atoms with E-state index in [1.807, 2.05) is 6.07 Å². The van der Waals surface area contributed by atoms with E-state index in [9.17, 15) is 4.79 Å². The molecule has 7 heteroatoms. The van der Waals surface area contributed by atoms with E-state index in [0.717, 1.165) is 11.5 Å². The van der Waals surface area contributed by atoms with Gasteiger partial charge < -0.3 is 5.32 Å². The number of rotatable bonds is 2. The van der Waals surface area contributed by atoms with Crippen LogP contribution in [0.15, 0.2) is 28.1 Å². The Balaban J connectivity index is 2.20. The number of benzene rings is 1. The Morgan fingerprint density at radius 3 is 2.94 bits per heavy atom. The molecule has 0 aliphatic heterocycles. The fourth-order valence-corrected chi connectivity index (χ4v) is 2.05. The van der Waals surface area contributed by atoms with Crippen molar-refractivity contribution in [3.63, 3.8) is 0 Å². The highest BCUT2D eigenvalue weighted by Gasteiger charge is 2.10. The molecular weight excluding hydrogens is 304 g/mol. The lowest BCUT2D eigenvalue weighted by Crippen LogP contribution is -2.12. The first-order valence-corrected chi connectivity index (χ1v) is 6.11. The van der Waals surface area contributed by atoms with Crippen molar-refractivity contribution in [2.24, 2.45) is 0 Å². The van der Waals surface area contributed by atoms with Crippen molar-refractivity contribution >= 4 is 39.1 Å². The second kappa shape index (κ2) is 5.03. The molecule has 0 fully saturated rings. The maximum absolute atomic E-state index is 11.7. The lowest BCUT2D eigenvalue weighted by molar-refractivity contribution is 0.102. The summed E-state index contributed by atoms with van der Waals surface area (Å²) in [6.45, 7) is 0. The molecule has 1 aromatic carbocycles. The number of carbonyl (C=O) groups is 1. The monoisotopic (exact) mass is 308 g/mol. The van der Waals surface area contributed by atoms with Crippen LogP contribution in [0.5, 0.6) is 0 Å². The van der Waals surface area contributed by atoms with Gasteiger partial charge in [0.05, 0.1) is 17.3 Å². The summed E-state index contributed by atoms with van der Waals surface area (Å²) >= 11 is 4.39. The Morgan fingerprint density at radius 1 is 1.53 bits per heavy atom. The van der Waals surface area contributed by atoms with Crippen molar-refractivity contribution in [1.29, 1.82) is 5.26 Å². The van der Waals surface area contributed by atoms with Crippen molar-refractivity contribution in [1.82, 2.24) is 9.59 Å². The van der Waals surface area contributed by atoms with Crippen LogP contribution in [-0.4, -0.2) is 15.5 Å². The molecule has 0 unspecified atom stereocenters. The van der Waals surface area contributed by atoms with Crippen LogP contribution in [0.1, 0.15) is 16.1 Å². The predicted molar refractivity (Wildman–Crippen MR) is 66.7 cm³/mol. The number of carbonyl (C=O) groups excluding carboxylic acids is 1. The minimum atomic E-state index is -0.329. The lowest BCUT2D eigenvalue weighted by atomic mass is 10.2. The van der Waals surface area contributed by atoms with Crippen LogP contribution in [0.4, 0.5) is 5.69 Å². The van der Waals surface area contributed by atoms with Crippen molar-refractivity contribution in [2.75, 3.05) is 5.32 Å². The smallest absolute Gasteiger partial charge is 0.277 e. The maximum Gasteiger partial charge on any atom is 0.277 e. The number of hydrogen-bond donors (Lipinski definition) is 1. The Bertz CT molecular complexity index is 591. The lowest BCUT2D eigenvalue weighted by Gasteiger charge is -2.05. The zero-order valence-electron chi connectivity index (χ0n) is 8.35. The third-order valence-electron chi connectivity index (χ3n) is 1.94. The highest BCUT2D eigenvalue weighted by Crippen LogP contribution is 2.23. The quantitative estimate of drug-likeness (QED) is 0.924. The molecule has 0 aliphatic rings. The predicted octanol–water partition coefficient (Wildman–Crippen LogP) is 2.42. The van der Waals surface area contributed by atoms with E-state index >= 15 is 0 Å². The highest BCUT2D eigenvalue weighted by molar-refractivity contribution is 9.10. The molecule has 0 aliphatic carbocycles. The zero-order valence-corrected chi connectivity index (χ0v) is 10.7. The van der Waals surface area contributed by atoms with Gasteiger partial charge in [0.15, 0.2) is 5.69 Å². The summed E-state index contributed by atoms with van der Waals surface area (Å²) in [5.41, 5.74) is 1.37. The van der Waals surface area contributed by atoms with Gasteiger partial charge in [-0.3, -0.25) is 4.79 Å². The van der Waals surface area contributed by atoms with E-state index in [0.29, 0.717) is 15.7 Å². The molecular formula is C10H5BrN4OS. The van der Waals surface area contributed by atoms with Gasteiger partial charge in [0, 0.05) is 9.85 Å². The number of nitriles is 1. The van der Waals surface area contributed by atoms with Crippen LogP contribution >= 0.6 is 27.5 Å². The van der Waals surface area contributed by atoms with Crippen molar-refractivity contribution in [3.05, 3.63) is 39.3 Å². The molecule has 5 nitrogen and oxygen atoms in total. The van der Waals surface area contributed by atoms with Crippen molar-refractivity contribution in [3.8, 4) is 6.07 Å². The number of nitrogens with one attached hydrogen (secondary N) is 1. The minimum absolute atomic E-state index is 0.270. The Morgan fingerprint density at radius 2 is 2.35 bits per heavy atom. The molecule has 0 radical (unpaired) electrons. The van der Waals surface area contributed by atoms with Gasteiger partial charge in [-0.1, -0.05) is 4.49 Å². The maximum atomic E-state index is 11.7. The summed E-state index contributed by atoms with van der Waals surface area (Å²) in [6, 6.07) is 6.92. The van der Waals surface area contributed by atoms with Crippen molar-refractivity contribution < 1.29 is 4.79 Å². The van der Waals surface area contributed by atoms with Crippen LogP contribution < -0.4 is 5.32 Å². The van der Waals surface area contributed by atoms with Gasteiger partial charge in [-0.25, -0.2) is 0 Å². The second-order valence-electron chi connectivity index (χ2n) is 3.05. The van der Waals surface area contributed by atoms with E-state index in [4.69, 9.17) is 5.26 Å². The zero-order chi connectivity index (χ0) is 12.3. The molecule has 1 N–H and O–H groups in total. The minimum Gasteiger partial charge on any atom is -0.320 e. The van der Waals surface area contributed by atoms with E-state index in [-0.39, 0.29) is 11.6 Å².